The van der Waals surface area contributed by atoms with Crippen LogP contribution in [0.3, 0.4) is 0 Å². The van der Waals surface area contributed by atoms with Crippen LogP contribution in [0.5, 0.6) is 11.5 Å². The van der Waals surface area contributed by atoms with Crippen LogP contribution in [0.4, 0.5) is 5.82 Å². The fourth-order valence-corrected chi connectivity index (χ4v) is 4.31. The molecule has 2 aromatic heterocycles. The number of hydrogen-bond donors (Lipinski definition) is 1. The van der Waals surface area contributed by atoms with Crippen LogP contribution in [0.2, 0.25) is 0 Å². The number of benzene rings is 3. The van der Waals surface area contributed by atoms with Gasteiger partial charge < -0.3 is 14.8 Å². The first-order valence-corrected chi connectivity index (χ1v) is 11.9. The quantitative estimate of drug-likeness (QED) is 0.389. The fraction of sp³-hybridized carbons (Fsp3) is 0.103. The van der Waals surface area contributed by atoms with E-state index in [2.05, 4.69) is 15.4 Å². The molecule has 3 heterocycles. The predicted molar refractivity (Wildman–Crippen MR) is 140 cm³/mol. The molecule has 37 heavy (non-hydrogen) atoms. The number of pyridine rings is 1. The molecule has 5 aromatic rings. The lowest BCUT2D eigenvalue weighted by Gasteiger charge is -2.18. The number of nitrogens with zero attached hydrogens (tertiary/aromatic N) is 3. The lowest BCUT2D eigenvalue weighted by molar-refractivity contribution is 0.102. The summed E-state index contributed by atoms with van der Waals surface area (Å²) in [5, 5.41) is 8.22. The van der Waals surface area contributed by atoms with Crippen molar-refractivity contribution in [3.63, 3.8) is 0 Å². The van der Waals surface area contributed by atoms with E-state index in [0.29, 0.717) is 47.0 Å². The number of fused-ring (bicyclic) bond motifs is 2. The van der Waals surface area contributed by atoms with Crippen molar-refractivity contribution in [1.29, 1.82) is 0 Å². The van der Waals surface area contributed by atoms with Gasteiger partial charge in [-0.15, -0.1) is 0 Å². The molecule has 0 unspecified atom stereocenters. The van der Waals surface area contributed by atoms with Crippen molar-refractivity contribution >= 4 is 22.5 Å². The van der Waals surface area contributed by atoms with Crippen LogP contribution in [0.25, 0.3) is 22.0 Å². The van der Waals surface area contributed by atoms with E-state index in [0.717, 1.165) is 11.1 Å². The summed E-state index contributed by atoms with van der Waals surface area (Å²) in [6, 6.07) is 27.5. The number of nitrogens with one attached hydrogen (secondary N) is 1. The number of amides is 1. The van der Waals surface area contributed by atoms with E-state index in [1.165, 1.54) is 4.68 Å². The molecule has 8 nitrogen and oxygen atoms in total. The Balaban J connectivity index is 1.33. The summed E-state index contributed by atoms with van der Waals surface area (Å²) in [5.74, 6) is 1.27. The molecule has 1 amide bonds. The molecule has 3 aromatic carbocycles. The van der Waals surface area contributed by atoms with E-state index < -0.39 is 5.91 Å². The molecule has 0 atom stereocenters. The number of aromatic nitrogens is 3. The monoisotopic (exact) mass is 490 g/mol. The molecule has 0 bridgehead atoms. The summed E-state index contributed by atoms with van der Waals surface area (Å²) in [6.45, 7) is 1.27. The highest BCUT2D eigenvalue weighted by Gasteiger charge is 2.18. The van der Waals surface area contributed by atoms with Gasteiger partial charge in [0.25, 0.3) is 11.5 Å². The lowest BCUT2D eigenvalue weighted by Crippen LogP contribution is -2.28. The van der Waals surface area contributed by atoms with Crippen LogP contribution in [-0.4, -0.2) is 33.9 Å². The van der Waals surface area contributed by atoms with Gasteiger partial charge in [-0.1, -0.05) is 54.6 Å². The Kier molecular flexibility index (Phi) is 5.82. The largest absolute Gasteiger partial charge is 0.486 e. The van der Waals surface area contributed by atoms with Crippen molar-refractivity contribution in [3.05, 3.63) is 113 Å². The van der Waals surface area contributed by atoms with E-state index >= 15 is 0 Å². The Labute approximate surface area is 212 Å². The maximum atomic E-state index is 13.4. The molecule has 0 spiro atoms. The van der Waals surface area contributed by atoms with Gasteiger partial charge in [0.2, 0.25) is 0 Å². The zero-order chi connectivity index (χ0) is 25.2. The van der Waals surface area contributed by atoms with E-state index in [4.69, 9.17) is 9.47 Å². The van der Waals surface area contributed by atoms with E-state index in [-0.39, 0.29) is 17.8 Å². The fourth-order valence-electron chi connectivity index (χ4n) is 4.31. The highest BCUT2D eigenvalue weighted by molar-refractivity contribution is 6.10. The minimum absolute atomic E-state index is 0.151. The number of carbonyl (C=O) groups excluding carboxylic acids is 1. The third kappa shape index (κ3) is 4.52. The lowest BCUT2D eigenvalue weighted by atomic mass is 10.1. The highest BCUT2D eigenvalue weighted by Crippen LogP contribution is 2.34. The molecular formula is C29H22N4O4. The van der Waals surface area contributed by atoms with E-state index in [1.54, 1.807) is 30.3 Å². The Hall–Kier alpha value is -4.98. The Bertz CT molecular complexity index is 1680. The second-order valence-corrected chi connectivity index (χ2v) is 8.56. The number of rotatable bonds is 5. The zero-order valence-electron chi connectivity index (χ0n) is 19.8. The van der Waals surface area contributed by atoms with Crippen LogP contribution >= 0.6 is 0 Å². The van der Waals surface area contributed by atoms with Crippen molar-refractivity contribution in [2.24, 2.45) is 0 Å². The first-order valence-electron chi connectivity index (χ1n) is 11.9. The van der Waals surface area contributed by atoms with Crippen LogP contribution in [0.15, 0.2) is 95.8 Å². The van der Waals surface area contributed by atoms with Gasteiger partial charge in [0.15, 0.2) is 17.2 Å². The van der Waals surface area contributed by atoms with Gasteiger partial charge in [0.1, 0.15) is 19.0 Å². The summed E-state index contributed by atoms with van der Waals surface area (Å²) in [5.41, 5.74) is 2.31. The second kappa shape index (κ2) is 9.58. The topological polar surface area (TPSA) is 95.3 Å². The minimum Gasteiger partial charge on any atom is -0.486 e. The van der Waals surface area contributed by atoms with Crippen molar-refractivity contribution in [1.82, 2.24) is 14.8 Å². The SMILES string of the molecule is O=C(Nc1cccc(-c2ccc3c(c2)OCCO3)n1)c1nn(Cc2ccccc2)c(=O)c2ccccc12. The van der Waals surface area contributed by atoms with Crippen LogP contribution < -0.4 is 20.3 Å². The summed E-state index contributed by atoms with van der Waals surface area (Å²) < 4.78 is 12.6. The molecule has 0 fully saturated rings. The van der Waals surface area contributed by atoms with Gasteiger partial charge in [-0.25, -0.2) is 9.67 Å². The van der Waals surface area contributed by atoms with Crippen molar-refractivity contribution in [2.75, 3.05) is 18.5 Å². The smallest absolute Gasteiger partial charge is 0.277 e. The average Bonchev–Trinajstić information content (AvgIpc) is 2.95. The third-order valence-corrected chi connectivity index (χ3v) is 6.09. The number of carbonyl (C=O) groups is 1. The van der Waals surface area contributed by atoms with Gasteiger partial charge in [0.05, 0.1) is 17.6 Å². The molecule has 0 saturated heterocycles. The first-order chi connectivity index (χ1) is 18.2. The Morgan fingerprint density at radius 2 is 1.59 bits per heavy atom. The van der Waals surface area contributed by atoms with Gasteiger partial charge in [-0.2, -0.15) is 5.10 Å². The Morgan fingerprint density at radius 1 is 0.838 bits per heavy atom. The summed E-state index contributed by atoms with van der Waals surface area (Å²) in [4.78, 5) is 31.1. The number of anilines is 1. The molecule has 1 aliphatic rings. The molecule has 0 radical (unpaired) electrons. The normalized spacial score (nSPS) is 12.3. The minimum atomic E-state index is -0.454. The molecule has 0 aliphatic carbocycles. The zero-order valence-corrected chi connectivity index (χ0v) is 19.8. The molecule has 8 heteroatoms. The van der Waals surface area contributed by atoms with Crippen LogP contribution in [-0.2, 0) is 6.54 Å². The van der Waals surface area contributed by atoms with Gasteiger partial charge in [0, 0.05) is 10.9 Å². The first kappa shape index (κ1) is 22.5. The standard InChI is InChI=1S/C29H22N4O4/c34-28(31-26-12-6-11-23(30-26)20-13-14-24-25(17-20)37-16-15-36-24)27-21-9-4-5-10-22(21)29(35)33(32-27)18-19-7-2-1-3-8-19/h1-14,17H,15-16,18H2,(H,30,31,34). The van der Waals surface area contributed by atoms with Crippen LogP contribution in [0.1, 0.15) is 16.1 Å². The maximum Gasteiger partial charge on any atom is 0.277 e. The summed E-state index contributed by atoms with van der Waals surface area (Å²) in [7, 11) is 0. The van der Waals surface area contributed by atoms with E-state index in [1.807, 2.05) is 60.7 Å². The molecular weight excluding hydrogens is 468 g/mol. The molecule has 0 saturated carbocycles. The van der Waals surface area contributed by atoms with Crippen molar-refractivity contribution in [2.45, 2.75) is 6.54 Å². The van der Waals surface area contributed by atoms with Gasteiger partial charge in [-0.3, -0.25) is 9.59 Å². The number of hydrogen-bond acceptors (Lipinski definition) is 6. The Morgan fingerprint density at radius 3 is 2.43 bits per heavy atom. The van der Waals surface area contributed by atoms with Gasteiger partial charge >= 0.3 is 0 Å². The third-order valence-electron chi connectivity index (χ3n) is 6.09. The molecule has 182 valence electrons. The van der Waals surface area contributed by atoms with Crippen molar-refractivity contribution in [3.8, 4) is 22.8 Å². The van der Waals surface area contributed by atoms with Crippen LogP contribution in [0, 0.1) is 0 Å². The van der Waals surface area contributed by atoms with Gasteiger partial charge in [-0.05, 0) is 42.0 Å². The average molecular weight is 491 g/mol. The van der Waals surface area contributed by atoms with E-state index in [9.17, 15) is 9.59 Å². The highest BCUT2D eigenvalue weighted by atomic mass is 16.6. The number of ether oxygens (including phenoxy) is 2. The summed E-state index contributed by atoms with van der Waals surface area (Å²) >= 11 is 0. The molecule has 6 rings (SSSR count). The second-order valence-electron chi connectivity index (χ2n) is 8.56. The molecule has 1 aliphatic heterocycles. The van der Waals surface area contributed by atoms with Crippen molar-refractivity contribution < 1.29 is 14.3 Å². The predicted octanol–water partition coefficient (Wildman–Crippen LogP) is 4.53. The molecule has 1 N–H and O–H groups in total. The maximum absolute atomic E-state index is 13.4. The summed E-state index contributed by atoms with van der Waals surface area (Å²) in [6.07, 6.45) is 0.